The first-order valence-electron chi connectivity index (χ1n) is 10.6. The van der Waals surface area contributed by atoms with E-state index in [0.717, 1.165) is 43.2 Å². The topological polar surface area (TPSA) is 102 Å². The van der Waals surface area contributed by atoms with Crippen LogP contribution in [-0.4, -0.2) is 23.1 Å². The Morgan fingerprint density at radius 3 is 2.34 bits per heavy atom. The third-order valence-electron chi connectivity index (χ3n) is 5.91. The summed E-state index contributed by atoms with van der Waals surface area (Å²) in [5.74, 6) is -0.0186. The Balaban J connectivity index is 2.21. The maximum atomic E-state index is 13.8. The molecule has 170 valence electrons. The van der Waals surface area contributed by atoms with Gasteiger partial charge in [-0.25, -0.2) is 10.0 Å². The molecule has 2 N–H and O–H groups in total. The third-order valence-corrected chi connectivity index (χ3v) is 6.08. The first kappa shape index (κ1) is 23.5. The summed E-state index contributed by atoms with van der Waals surface area (Å²) in [5, 5.41) is 14.1. The van der Waals surface area contributed by atoms with Crippen molar-refractivity contribution in [2.45, 2.75) is 46.0 Å². The van der Waals surface area contributed by atoms with E-state index < -0.39 is 4.92 Å². The molecule has 0 saturated heterocycles. The lowest BCUT2D eigenvalue weighted by atomic mass is 9.88. The molecule has 1 aliphatic rings. The standard InChI is InChI=1S/C23H28N4O4S/c1-15-9-10-18(13-16(15)2)25(22(28)17-7-5-4-6-8-17)26(23(24)32)20-14-19(27(29)30)11-12-21(20)31-3/h9-14,17H,4-8H2,1-3H3,(H2,24,32). The maximum absolute atomic E-state index is 13.8. The summed E-state index contributed by atoms with van der Waals surface area (Å²) in [4.78, 5) is 24.8. The van der Waals surface area contributed by atoms with Gasteiger partial charge in [0.1, 0.15) is 11.4 Å². The zero-order valence-electron chi connectivity index (χ0n) is 18.5. The molecule has 1 fully saturated rings. The van der Waals surface area contributed by atoms with Crippen LogP contribution in [0, 0.1) is 29.9 Å². The highest BCUT2D eigenvalue weighted by Gasteiger charge is 2.34. The van der Waals surface area contributed by atoms with Crippen molar-refractivity contribution in [3.05, 3.63) is 57.6 Å². The highest BCUT2D eigenvalue weighted by atomic mass is 32.1. The number of nitro benzene ring substituents is 1. The molecule has 0 heterocycles. The van der Waals surface area contributed by atoms with Crippen molar-refractivity contribution in [3.8, 4) is 5.75 Å². The van der Waals surface area contributed by atoms with Crippen LogP contribution in [-0.2, 0) is 4.79 Å². The maximum Gasteiger partial charge on any atom is 0.271 e. The van der Waals surface area contributed by atoms with Crippen molar-refractivity contribution in [2.24, 2.45) is 11.7 Å². The molecule has 2 aromatic carbocycles. The SMILES string of the molecule is COc1ccc([N+](=O)[O-])cc1N(C(N)=S)N(C(=O)C1CCCCC1)c1ccc(C)c(C)c1. The van der Waals surface area contributed by atoms with Crippen LogP contribution in [0.15, 0.2) is 36.4 Å². The van der Waals surface area contributed by atoms with E-state index in [9.17, 15) is 14.9 Å². The van der Waals surface area contributed by atoms with Crippen molar-refractivity contribution in [1.82, 2.24) is 0 Å². The Hall–Kier alpha value is -3.20. The van der Waals surface area contributed by atoms with Crippen molar-refractivity contribution < 1.29 is 14.5 Å². The molecular formula is C23H28N4O4S. The molecule has 0 aromatic heterocycles. The number of ether oxygens (including phenoxy) is 1. The number of amides is 1. The Morgan fingerprint density at radius 2 is 1.78 bits per heavy atom. The first-order valence-corrected chi connectivity index (χ1v) is 11.0. The minimum atomic E-state index is -0.510. The lowest BCUT2D eigenvalue weighted by molar-refractivity contribution is -0.384. The van der Waals surface area contributed by atoms with Gasteiger partial charge in [0, 0.05) is 18.1 Å². The number of nitrogens with two attached hydrogens (primary N) is 1. The smallest absolute Gasteiger partial charge is 0.271 e. The van der Waals surface area contributed by atoms with Crippen LogP contribution in [0.5, 0.6) is 5.75 Å². The molecule has 8 nitrogen and oxygen atoms in total. The van der Waals surface area contributed by atoms with Gasteiger partial charge in [0.05, 0.1) is 17.7 Å². The number of hydrogen-bond acceptors (Lipinski definition) is 5. The van der Waals surface area contributed by atoms with Crippen LogP contribution in [0.4, 0.5) is 17.1 Å². The summed E-state index contributed by atoms with van der Waals surface area (Å²) in [6.45, 7) is 3.95. The zero-order valence-corrected chi connectivity index (χ0v) is 19.4. The number of hydrogen-bond donors (Lipinski definition) is 1. The van der Waals surface area contributed by atoms with Gasteiger partial charge in [0.25, 0.3) is 5.69 Å². The normalized spacial score (nSPS) is 14.0. The van der Waals surface area contributed by atoms with Crippen LogP contribution >= 0.6 is 12.2 Å². The number of non-ortho nitro benzene ring substituents is 1. The summed E-state index contributed by atoms with van der Waals surface area (Å²) in [6, 6.07) is 9.78. The number of hydrazine groups is 1. The summed E-state index contributed by atoms with van der Waals surface area (Å²) < 4.78 is 5.45. The molecule has 1 aliphatic carbocycles. The molecule has 0 unspecified atom stereocenters. The van der Waals surface area contributed by atoms with Crippen molar-refractivity contribution in [2.75, 3.05) is 17.1 Å². The van der Waals surface area contributed by atoms with Gasteiger partial charge in [-0.2, -0.15) is 0 Å². The van der Waals surface area contributed by atoms with E-state index in [1.165, 1.54) is 35.3 Å². The minimum Gasteiger partial charge on any atom is -0.494 e. The summed E-state index contributed by atoms with van der Waals surface area (Å²) in [6.07, 6.45) is 4.61. The molecule has 3 rings (SSSR count). The largest absolute Gasteiger partial charge is 0.494 e. The molecule has 0 aliphatic heterocycles. The average Bonchev–Trinajstić information content (AvgIpc) is 2.78. The number of thiocarbonyl (C=S) groups is 1. The van der Waals surface area contributed by atoms with Gasteiger partial charge in [0.15, 0.2) is 5.11 Å². The lowest BCUT2D eigenvalue weighted by Crippen LogP contribution is -2.54. The van der Waals surface area contributed by atoms with E-state index in [-0.39, 0.29) is 28.3 Å². The average molecular weight is 457 g/mol. The molecule has 1 saturated carbocycles. The second-order valence-corrected chi connectivity index (χ2v) is 8.44. The van der Waals surface area contributed by atoms with Gasteiger partial charge in [-0.3, -0.25) is 14.9 Å². The Bertz CT molecular complexity index is 1040. The molecule has 0 spiro atoms. The quantitative estimate of drug-likeness (QED) is 0.392. The molecule has 9 heteroatoms. The molecule has 0 atom stereocenters. The fourth-order valence-corrected chi connectivity index (χ4v) is 4.18. The van der Waals surface area contributed by atoms with Gasteiger partial charge < -0.3 is 10.5 Å². The molecule has 1 amide bonds. The predicted molar refractivity (Wildman–Crippen MR) is 129 cm³/mol. The van der Waals surface area contributed by atoms with Gasteiger partial charge in [-0.1, -0.05) is 25.3 Å². The van der Waals surface area contributed by atoms with Gasteiger partial charge >= 0.3 is 0 Å². The van der Waals surface area contributed by atoms with Crippen LogP contribution in [0.25, 0.3) is 0 Å². The molecule has 32 heavy (non-hydrogen) atoms. The van der Waals surface area contributed by atoms with E-state index in [1.54, 1.807) is 0 Å². The van der Waals surface area contributed by atoms with Crippen LogP contribution in [0.1, 0.15) is 43.2 Å². The third kappa shape index (κ3) is 4.83. The number of carbonyl (C=O) groups is 1. The second-order valence-electron chi connectivity index (χ2n) is 8.02. The number of carbonyl (C=O) groups excluding carboxylic acids is 1. The van der Waals surface area contributed by atoms with Crippen LogP contribution in [0.2, 0.25) is 0 Å². The van der Waals surface area contributed by atoms with E-state index in [0.29, 0.717) is 11.4 Å². The molecular weight excluding hydrogens is 428 g/mol. The fourth-order valence-electron chi connectivity index (χ4n) is 4.00. The first-order chi connectivity index (χ1) is 15.2. The van der Waals surface area contributed by atoms with E-state index in [2.05, 4.69) is 0 Å². The Kier molecular flexibility index (Phi) is 7.29. The van der Waals surface area contributed by atoms with Crippen LogP contribution in [0.3, 0.4) is 0 Å². The number of nitro groups is 1. The number of aryl methyl sites for hydroxylation is 2. The zero-order chi connectivity index (χ0) is 23.4. The summed E-state index contributed by atoms with van der Waals surface area (Å²) in [7, 11) is 1.45. The summed E-state index contributed by atoms with van der Waals surface area (Å²) in [5.41, 5.74) is 8.87. The number of nitrogens with zero attached hydrogens (tertiary/aromatic N) is 3. The van der Waals surface area contributed by atoms with Crippen LogP contribution < -0.4 is 20.5 Å². The van der Waals surface area contributed by atoms with Crippen molar-refractivity contribution in [3.63, 3.8) is 0 Å². The predicted octanol–water partition coefficient (Wildman–Crippen LogP) is 4.80. The number of methoxy groups -OCH3 is 1. The minimum absolute atomic E-state index is 0.119. The monoisotopic (exact) mass is 456 g/mol. The summed E-state index contributed by atoms with van der Waals surface area (Å²) >= 11 is 5.36. The number of anilines is 2. The highest BCUT2D eigenvalue weighted by molar-refractivity contribution is 7.80. The molecule has 0 radical (unpaired) electrons. The lowest BCUT2D eigenvalue weighted by Gasteiger charge is -2.38. The number of rotatable bonds is 5. The molecule has 0 bridgehead atoms. The van der Waals surface area contributed by atoms with E-state index >= 15 is 0 Å². The van der Waals surface area contributed by atoms with Crippen molar-refractivity contribution in [1.29, 1.82) is 0 Å². The second kappa shape index (κ2) is 9.95. The fraction of sp³-hybridized carbons (Fsp3) is 0.391. The van der Waals surface area contributed by atoms with Gasteiger partial charge in [-0.05, 0) is 68.2 Å². The highest BCUT2D eigenvalue weighted by Crippen LogP contribution is 2.37. The van der Waals surface area contributed by atoms with E-state index in [1.807, 2.05) is 32.0 Å². The van der Waals surface area contributed by atoms with Gasteiger partial charge in [-0.15, -0.1) is 0 Å². The molecule has 2 aromatic rings. The Morgan fingerprint density at radius 1 is 1.09 bits per heavy atom. The van der Waals surface area contributed by atoms with Gasteiger partial charge in [0.2, 0.25) is 5.91 Å². The Labute approximate surface area is 193 Å². The van der Waals surface area contributed by atoms with E-state index in [4.69, 9.17) is 22.7 Å². The number of benzene rings is 2. The van der Waals surface area contributed by atoms with Crippen molar-refractivity contribution >= 4 is 40.3 Å².